The summed E-state index contributed by atoms with van der Waals surface area (Å²) in [5.74, 6) is 0.289. The Labute approximate surface area is 205 Å². The second-order valence-corrected chi connectivity index (χ2v) is 9.04. The summed E-state index contributed by atoms with van der Waals surface area (Å²) in [5, 5.41) is 12.1. The van der Waals surface area contributed by atoms with Gasteiger partial charge in [-0.25, -0.2) is 4.68 Å². The summed E-state index contributed by atoms with van der Waals surface area (Å²) in [6.45, 7) is 5.86. The van der Waals surface area contributed by atoms with Crippen molar-refractivity contribution in [2.45, 2.75) is 25.7 Å². The number of hydrogen-bond donors (Lipinski definition) is 2. The molecule has 0 aliphatic carbocycles. The van der Waals surface area contributed by atoms with Gasteiger partial charge in [0.25, 0.3) is 11.5 Å². The molecule has 5 rings (SSSR count). The van der Waals surface area contributed by atoms with Crippen LogP contribution in [0, 0.1) is 20.8 Å². The number of nitrogens with one attached hydrogen (secondary N) is 2. The van der Waals surface area contributed by atoms with Gasteiger partial charge in [0.2, 0.25) is 5.95 Å². The van der Waals surface area contributed by atoms with E-state index in [2.05, 4.69) is 25.5 Å². The van der Waals surface area contributed by atoms with Crippen LogP contribution in [0.15, 0.2) is 64.4 Å². The molecule has 176 valence electrons. The lowest BCUT2D eigenvalue weighted by Gasteiger charge is -2.11. The quantitative estimate of drug-likeness (QED) is 0.361. The number of nitrogens with zero attached hydrogens (tertiary/aromatic N) is 5. The summed E-state index contributed by atoms with van der Waals surface area (Å²) in [5.41, 5.74) is 4.31. The number of rotatable bonds is 5. The predicted molar refractivity (Wildman–Crippen MR) is 137 cm³/mol. The van der Waals surface area contributed by atoms with E-state index in [4.69, 9.17) is 0 Å². The van der Waals surface area contributed by atoms with Crippen LogP contribution in [0.1, 0.15) is 27.2 Å². The van der Waals surface area contributed by atoms with Crippen LogP contribution in [0.5, 0.6) is 0 Å². The van der Waals surface area contributed by atoms with Crippen molar-refractivity contribution in [2.24, 2.45) is 0 Å². The summed E-state index contributed by atoms with van der Waals surface area (Å²) in [6.07, 6.45) is 3.42. The molecule has 9 nitrogen and oxygen atoms in total. The molecule has 3 aromatic heterocycles. The number of amides is 1. The molecular formula is C25H23N7O2S. The van der Waals surface area contributed by atoms with Gasteiger partial charge in [-0.2, -0.15) is 19.9 Å². The third-order valence-electron chi connectivity index (χ3n) is 5.79. The molecule has 0 saturated heterocycles. The van der Waals surface area contributed by atoms with Gasteiger partial charge < -0.3 is 5.32 Å². The van der Waals surface area contributed by atoms with Crippen LogP contribution in [-0.4, -0.2) is 41.7 Å². The Morgan fingerprint density at radius 1 is 1.03 bits per heavy atom. The SMILES string of the molecule is CSc1ccccc1C(=O)Nc1cc(C)nn1-c1nc2c(cnn2-c2ccc(C)c(C)c2)c(=O)[nH]1. The number of H-pyrrole nitrogens is 1. The lowest BCUT2D eigenvalue weighted by molar-refractivity contribution is 0.102. The highest BCUT2D eigenvalue weighted by atomic mass is 32.2. The van der Waals surface area contributed by atoms with E-state index in [1.54, 1.807) is 23.7 Å². The van der Waals surface area contributed by atoms with Gasteiger partial charge in [0, 0.05) is 11.0 Å². The molecule has 1 amide bonds. The molecule has 5 aromatic rings. The molecule has 0 aliphatic heterocycles. The fraction of sp³-hybridized carbons (Fsp3) is 0.160. The molecule has 2 N–H and O–H groups in total. The second kappa shape index (κ2) is 8.88. The van der Waals surface area contributed by atoms with Crippen LogP contribution in [0.3, 0.4) is 0 Å². The Morgan fingerprint density at radius 3 is 2.60 bits per heavy atom. The number of thioether (sulfide) groups is 1. The van der Waals surface area contributed by atoms with E-state index < -0.39 is 0 Å². The normalized spacial score (nSPS) is 11.2. The standard InChI is InChI=1S/C25H23N7O2S/c1-14-9-10-17(11-15(14)2)31-22-19(13-26-31)24(34)29-25(28-22)32-21(12-16(3)30-32)27-23(33)18-7-5-6-8-20(18)35-4/h5-13H,1-4H3,(H,27,33)(H,28,29,34). The van der Waals surface area contributed by atoms with Gasteiger partial charge in [-0.1, -0.05) is 18.2 Å². The molecule has 35 heavy (non-hydrogen) atoms. The fourth-order valence-electron chi connectivity index (χ4n) is 3.82. The third kappa shape index (κ3) is 4.12. The lowest BCUT2D eigenvalue weighted by atomic mass is 10.1. The minimum Gasteiger partial charge on any atom is -0.306 e. The van der Waals surface area contributed by atoms with Gasteiger partial charge >= 0.3 is 0 Å². The van der Waals surface area contributed by atoms with Crippen molar-refractivity contribution < 1.29 is 4.79 Å². The first-order valence-corrected chi connectivity index (χ1v) is 12.2. The number of benzene rings is 2. The van der Waals surface area contributed by atoms with E-state index >= 15 is 0 Å². The van der Waals surface area contributed by atoms with E-state index in [0.717, 1.165) is 21.7 Å². The number of carbonyl (C=O) groups is 1. The highest BCUT2D eigenvalue weighted by molar-refractivity contribution is 7.98. The van der Waals surface area contributed by atoms with Crippen LogP contribution in [0.2, 0.25) is 0 Å². The highest BCUT2D eigenvalue weighted by Gasteiger charge is 2.18. The molecule has 3 heterocycles. The number of hydrogen-bond acceptors (Lipinski definition) is 6. The summed E-state index contributed by atoms with van der Waals surface area (Å²) < 4.78 is 3.05. The second-order valence-electron chi connectivity index (χ2n) is 8.19. The molecule has 0 fully saturated rings. The minimum atomic E-state index is -0.349. The van der Waals surface area contributed by atoms with Crippen molar-refractivity contribution in [2.75, 3.05) is 11.6 Å². The van der Waals surface area contributed by atoms with Crippen molar-refractivity contribution in [1.82, 2.24) is 29.5 Å². The van der Waals surface area contributed by atoms with Crippen molar-refractivity contribution in [3.63, 3.8) is 0 Å². The molecule has 2 aromatic carbocycles. The summed E-state index contributed by atoms with van der Waals surface area (Å²) in [6, 6.07) is 15.0. The molecule has 0 radical (unpaired) electrons. The average Bonchev–Trinajstić information content (AvgIpc) is 3.44. The molecule has 0 unspecified atom stereocenters. The summed E-state index contributed by atoms with van der Waals surface area (Å²) in [7, 11) is 0. The van der Waals surface area contributed by atoms with Crippen molar-refractivity contribution in [1.29, 1.82) is 0 Å². The summed E-state index contributed by atoms with van der Waals surface area (Å²) in [4.78, 5) is 34.3. The van der Waals surface area contributed by atoms with E-state index in [9.17, 15) is 9.59 Å². The van der Waals surface area contributed by atoms with Gasteiger partial charge in [-0.3, -0.25) is 14.6 Å². The number of anilines is 1. The topological polar surface area (TPSA) is 110 Å². The predicted octanol–water partition coefficient (Wildman–Crippen LogP) is 4.19. The maximum absolute atomic E-state index is 13.1. The largest absolute Gasteiger partial charge is 0.306 e. The average molecular weight is 486 g/mol. The van der Waals surface area contributed by atoms with E-state index in [0.29, 0.717) is 28.1 Å². The van der Waals surface area contributed by atoms with Crippen molar-refractivity contribution >= 4 is 34.5 Å². The molecule has 0 atom stereocenters. The number of aryl methyl sites for hydroxylation is 3. The van der Waals surface area contributed by atoms with Crippen LogP contribution in [0.25, 0.3) is 22.7 Å². The Morgan fingerprint density at radius 2 is 1.83 bits per heavy atom. The maximum Gasteiger partial charge on any atom is 0.263 e. The zero-order chi connectivity index (χ0) is 24.7. The van der Waals surface area contributed by atoms with E-state index in [1.165, 1.54) is 22.6 Å². The first-order chi connectivity index (χ1) is 16.9. The first-order valence-electron chi connectivity index (χ1n) is 10.9. The smallest absolute Gasteiger partial charge is 0.263 e. The van der Waals surface area contributed by atoms with E-state index in [-0.39, 0.29) is 17.4 Å². The lowest BCUT2D eigenvalue weighted by Crippen LogP contribution is -2.19. The van der Waals surface area contributed by atoms with Gasteiger partial charge in [0.05, 0.1) is 23.1 Å². The highest BCUT2D eigenvalue weighted by Crippen LogP contribution is 2.23. The Bertz CT molecular complexity index is 1650. The minimum absolute atomic E-state index is 0.176. The Hall–Kier alpha value is -4.18. The Kier molecular flexibility index (Phi) is 5.73. The zero-order valence-electron chi connectivity index (χ0n) is 19.7. The molecule has 0 aliphatic rings. The molecule has 0 spiro atoms. The van der Waals surface area contributed by atoms with Gasteiger partial charge in [0.15, 0.2) is 5.65 Å². The van der Waals surface area contributed by atoms with Crippen LogP contribution >= 0.6 is 11.8 Å². The molecular weight excluding hydrogens is 462 g/mol. The summed E-state index contributed by atoms with van der Waals surface area (Å²) >= 11 is 1.49. The zero-order valence-corrected chi connectivity index (χ0v) is 20.5. The monoisotopic (exact) mass is 485 g/mol. The number of carbonyl (C=O) groups excluding carboxylic acids is 1. The van der Waals surface area contributed by atoms with Crippen molar-refractivity contribution in [3.8, 4) is 11.6 Å². The number of fused-ring (bicyclic) bond motifs is 1. The maximum atomic E-state index is 13.1. The van der Waals surface area contributed by atoms with Crippen LogP contribution in [0.4, 0.5) is 5.82 Å². The number of aromatic nitrogens is 6. The number of aromatic amines is 1. The van der Waals surface area contributed by atoms with E-state index in [1.807, 2.05) is 56.5 Å². The molecule has 10 heteroatoms. The first kappa shape index (κ1) is 22.6. The molecule has 0 bridgehead atoms. The van der Waals surface area contributed by atoms with Crippen molar-refractivity contribution in [3.05, 3.63) is 87.5 Å². The Balaban J connectivity index is 1.59. The van der Waals surface area contributed by atoms with Crippen LogP contribution < -0.4 is 10.9 Å². The van der Waals surface area contributed by atoms with Gasteiger partial charge in [-0.15, -0.1) is 11.8 Å². The van der Waals surface area contributed by atoms with Gasteiger partial charge in [-0.05, 0) is 62.4 Å². The fourth-order valence-corrected chi connectivity index (χ4v) is 4.41. The molecule has 0 saturated carbocycles. The van der Waals surface area contributed by atoms with Crippen LogP contribution in [-0.2, 0) is 0 Å². The third-order valence-corrected chi connectivity index (χ3v) is 6.58. The van der Waals surface area contributed by atoms with Gasteiger partial charge in [0.1, 0.15) is 11.2 Å².